The Morgan fingerprint density at radius 2 is 1.85 bits per heavy atom. The third kappa shape index (κ3) is 3.75. The molecule has 8 heteroatoms. The summed E-state index contributed by atoms with van der Waals surface area (Å²) in [5.74, 6) is -0.353. The number of hydrogen-bond acceptors (Lipinski definition) is 6. The van der Waals surface area contributed by atoms with Gasteiger partial charge in [-0.15, -0.1) is 0 Å². The first-order valence-electron chi connectivity index (χ1n) is 8.11. The number of hydrogen-bond donors (Lipinski definition) is 2. The summed E-state index contributed by atoms with van der Waals surface area (Å²) in [6.45, 7) is 1.73. The molecule has 1 amide bonds. The molecule has 4 aromatic rings. The van der Waals surface area contributed by atoms with Crippen LogP contribution in [0.3, 0.4) is 0 Å². The lowest BCUT2D eigenvalue weighted by Crippen LogP contribution is -2.15. The fourth-order valence-electron chi connectivity index (χ4n) is 2.50. The molecule has 134 valence electrons. The quantitative estimate of drug-likeness (QED) is 0.545. The minimum absolute atomic E-state index is 0.342. The smallest absolute Gasteiger partial charge is 0.259 e. The second-order valence-corrected chi connectivity index (χ2v) is 6.80. The highest BCUT2D eigenvalue weighted by Crippen LogP contribution is 2.27. The molecule has 0 radical (unpaired) electrons. The Labute approximate surface area is 158 Å². The van der Waals surface area contributed by atoms with Gasteiger partial charge < -0.3 is 10.6 Å². The molecule has 0 atom stereocenters. The highest BCUT2D eigenvalue weighted by atomic mass is 32.1. The fraction of sp³-hybridized carbons (Fsp3) is 0.0526. The summed E-state index contributed by atoms with van der Waals surface area (Å²) >= 11 is 1.50. The maximum atomic E-state index is 13.0. The predicted octanol–water partition coefficient (Wildman–Crippen LogP) is 4.53. The van der Waals surface area contributed by atoms with Crippen LogP contribution in [0.4, 0.5) is 21.2 Å². The number of fused-ring (bicyclic) bond motifs is 1. The number of halogens is 1. The lowest BCUT2D eigenvalue weighted by Gasteiger charge is -2.08. The Morgan fingerprint density at radius 3 is 2.59 bits per heavy atom. The molecule has 0 saturated heterocycles. The van der Waals surface area contributed by atoms with Crippen molar-refractivity contribution in [1.82, 2.24) is 15.0 Å². The third-order valence-corrected chi connectivity index (χ3v) is 4.79. The van der Waals surface area contributed by atoms with E-state index >= 15 is 0 Å². The van der Waals surface area contributed by atoms with Crippen LogP contribution in [0.15, 0.2) is 54.7 Å². The summed E-state index contributed by atoms with van der Waals surface area (Å²) < 4.78 is 14.0. The van der Waals surface area contributed by atoms with E-state index in [0.29, 0.717) is 28.0 Å². The molecule has 4 rings (SSSR count). The van der Waals surface area contributed by atoms with Crippen molar-refractivity contribution in [3.63, 3.8) is 0 Å². The van der Waals surface area contributed by atoms with Crippen LogP contribution in [0.2, 0.25) is 0 Å². The van der Waals surface area contributed by atoms with Gasteiger partial charge in [-0.25, -0.2) is 19.3 Å². The van der Waals surface area contributed by atoms with Crippen molar-refractivity contribution in [3.05, 3.63) is 71.8 Å². The average molecular weight is 379 g/mol. The van der Waals surface area contributed by atoms with Crippen molar-refractivity contribution in [2.24, 2.45) is 0 Å². The van der Waals surface area contributed by atoms with Crippen LogP contribution in [-0.4, -0.2) is 20.9 Å². The van der Waals surface area contributed by atoms with Crippen LogP contribution in [0.5, 0.6) is 0 Å². The van der Waals surface area contributed by atoms with Crippen LogP contribution in [-0.2, 0) is 0 Å². The molecule has 27 heavy (non-hydrogen) atoms. The van der Waals surface area contributed by atoms with Gasteiger partial charge in [0.05, 0.1) is 21.5 Å². The number of thiazole rings is 1. The van der Waals surface area contributed by atoms with Crippen LogP contribution in [0.25, 0.3) is 10.2 Å². The first-order valence-corrected chi connectivity index (χ1v) is 8.93. The number of amides is 1. The molecule has 0 aliphatic carbocycles. The number of nitrogens with zero attached hydrogens (tertiary/aromatic N) is 3. The SMILES string of the molecule is Cc1nc(Nc2nc3ccccc3s2)ncc1C(=O)Nc1ccc(F)cc1. The molecule has 0 aliphatic rings. The molecular formula is C19H14FN5OS. The molecule has 0 aliphatic heterocycles. The molecule has 2 heterocycles. The maximum Gasteiger partial charge on any atom is 0.259 e. The van der Waals surface area contributed by atoms with Crippen LogP contribution < -0.4 is 10.6 Å². The van der Waals surface area contributed by atoms with Crippen molar-refractivity contribution >= 4 is 44.2 Å². The van der Waals surface area contributed by atoms with E-state index in [0.717, 1.165) is 10.2 Å². The van der Waals surface area contributed by atoms with Gasteiger partial charge in [-0.1, -0.05) is 23.5 Å². The van der Waals surface area contributed by atoms with Gasteiger partial charge in [0, 0.05) is 11.9 Å². The number of para-hydroxylation sites is 1. The Morgan fingerprint density at radius 1 is 1.07 bits per heavy atom. The highest BCUT2D eigenvalue weighted by molar-refractivity contribution is 7.22. The number of anilines is 3. The first kappa shape index (κ1) is 17.0. The summed E-state index contributed by atoms with van der Waals surface area (Å²) in [7, 11) is 0. The van der Waals surface area contributed by atoms with Gasteiger partial charge in [0.2, 0.25) is 5.95 Å². The molecule has 2 aromatic carbocycles. The van der Waals surface area contributed by atoms with Crippen molar-refractivity contribution in [3.8, 4) is 0 Å². The van der Waals surface area contributed by atoms with Crippen molar-refractivity contribution in [2.75, 3.05) is 10.6 Å². The van der Waals surface area contributed by atoms with E-state index in [-0.39, 0.29) is 11.7 Å². The van der Waals surface area contributed by atoms with Crippen LogP contribution >= 0.6 is 11.3 Å². The predicted molar refractivity (Wildman–Crippen MR) is 104 cm³/mol. The molecule has 0 saturated carbocycles. The number of carbonyl (C=O) groups excluding carboxylic acids is 1. The number of rotatable bonds is 4. The molecule has 0 fully saturated rings. The molecular weight excluding hydrogens is 365 g/mol. The molecule has 6 nitrogen and oxygen atoms in total. The lowest BCUT2D eigenvalue weighted by atomic mass is 10.2. The van der Waals surface area contributed by atoms with Gasteiger partial charge in [-0.05, 0) is 43.3 Å². The zero-order valence-electron chi connectivity index (χ0n) is 14.2. The van der Waals surface area contributed by atoms with Crippen molar-refractivity contribution < 1.29 is 9.18 Å². The summed E-state index contributed by atoms with van der Waals surface area (Å²) in [5, 5.41) is 6.44. The molecule has 0 unspecified atom stereocenters. The van der Waals surface area contributed by atoms with Gasteiger partial charge in [-0.3, -0.25) is 4.79 Å². The number of aryl methyl sites for hydroxylation is 1. The van der Waals surface area contributed by atoms with E-state index in [1.165, 1.54) is 41.8 Å². The molecule has 2 aromatic heterocycles. The van der Waals surface area contributed by atoms with E-state index < -0.39 is 0 Å². The fourth-order valence-corrected chi connectivity index (χ4v) is 3.36. The number of nitrogens with one attached hydrogen (secondary N) is 2. The highest BCUT2D eigenvalue weighted by Gasteiger charge is 2.13. The normalized spacial score (nSPS) is 10.7. The summed E-state index contributed by atoms with van der Waals surface area (Å²) in [4.78, 5) is 25.4. The summed E-state index contributed by atoms with van der Waals surface area (Å²) in [6, 6.07) is 13.4. The van der Waals surface area contributed by atoms with Crippen molar-refractivity contribution in [1.29, 1.82) is 0 Å². The largest absolute Gasteiger partial charge is 0.322 e. The Balaban J connectivity index is 1.51. The Bertz CT molecular complexity index is 1090. The zero-order valence-corrected chi connectivity index (χ0v) is 15.0. The third-order valence-electron chi connectivity index (χ3n) is 3.84. The van der Waals surface area contributed by atoms with Gasteiger partial charge >= 0.3 is 0 Å². The van der Waals surface area contributed by atoms with E-state index in [1.807, 2.05) is 24.3 Å². The zero-order chi connectivity index (χ0) is 18.8. The van der Waals surface area contributed by atoms with E-state index in [9.17, 15) is 9.18 Å². The lowest BCUT2D eigenvalue weighted by molar-refractivity contribution is 0.102. The van der Waals surface area contributed by atoms with E-state index in [1.54, 1.807) is 6.92 Å². The standard InChI is InChI=1S/C19H14FN5OS/c1-11-14(17(26)23-13-8-6-12(20)7-9-13)10-21-18(22-11)25-19-24-15-4-2-3-5-16(15)27-19/h2-10H,1H3,(H,23,26)(H,21,22,24,25). The number of benzene rings is 2. The molecule has 2 N–H and O–H groups in total. The van der Waals surface area contributed by atoms with Crippen LogP contribution in [0, 0.1) is 12.7 Å². The topological polar surface area (TPSA) is 79.8 Å². The van der Waals surface area contributed by atoms with E-state index in [4.69, 9.17) is 0 Å². The molecule has 0 bridgehead atoms. The Kier molecular flexibility index (Phi) is 4.47. The van der Waals surface area contributed by atoms with Crippen molar-refractivity contribution in [2.45, 2.75) is 6.92 Å². The minimum Gasteiger partial charge on any atom is -0.322 e. The maximum absolute atomic E-state index is 13.0. The van der Waals surface area contributed by atoms with Gasteiger partial charge in [0.25, 0.3) is 5.91 Å². The summed E-state index contributed by atoms with van der Waals surface area (Å²) in [5.41, 5.74) is 2.26. The first-order chi connectivity index (χ1) is 13.1. The van der Waals surface area contributed by atoms with Crippen LogP contribution in [0.1, 0.15) is 16.1 Å². The average Bonchev–Trinajstić information content (AvgIpc) is 3.06. The van der Waals surface area contributed by atoms with Gasteiger partial charge in [0.15, 0.2) is 5.13 Å². The van der Waals surface area contributed by atoms with Gasteiger partial charge in [0.1, 0.15) is 5.82 Å². The van der Waals surface area contributed by atoms with E-state index in [2.05, 4.69) is 25.6 Å². The second-order valence-electron chi connectivity index (χ2n) is 5.77. The Hall–Kier alpha value is -3.39. The number of carbonyl (C=O) groups is 1. The molecule has 0 spiro atoms. The summed E-state index contributed by atoms with van der Waals surface area (Å²) in [6.07, 6.45) is 1.46. The monoisotopic (exact) mass is 379 g/mol. The van der Waals surface area contributed by atoms with Gasteiger partial charge in [-0.2, -0.15) is 0 Å². The number of aromatic nitrogens is 3. The second kappa shape index (κ2) is 7.08. The minimum atomic E-state index is -0.363.